The summed E-state index contributed by atoms with van der Waals surface area (Å²) in [4.78, 5) is 0. The number of hydrogen-bond donors (Lipinski definition) is 0. The molecule has 0 aliphatic heterocycles. The van der Waals surface area contributed by atoms with E-state index >= 15 is 0 Å². The van der Waals surface area contributed by atoms with Crippen LogP contribution in [0.1, 0.15) is 0 Å². The van der Waals surface area contributed by atoms with E-state index in [1.54, 1.807) is 0 Å². The van der Waals surface area contributed by atoms with Crippen molar-refractivity contribution in [2.24, 2.45) is 0 Å². The zero-order valence-corrected chi connectivity index (χ0v) is 8.72. The van der Waals surface area contributed by atoms with Gasteiger partial charge in [0.05, 0.1) is 0 Å². The molecular formula is C8H5F7OS. The Hall–Kier alpha value is -0.990. The highest BCUT2D eigenvalue weighted by Crippen LogP contribution is 2.46. The summed E-state index contributed by atoms with van der Waals surface area (Å²) in [6.45, 7) is -2.05. The fourth-order valence-electron chi connectivity index (χ4n) is 0.806. The lowest BCUT2D eigenvalue weighted by Crippen LogP contribution is -2.54. The zero-order chi connectivity index (χ0) is 13.3. The quantitative estimate of drug-likeness (QED) is 0.759. The van der Waals surface area contributed by atoms with Crippen LogP contribution in [0.2, 0.25) is 0 Å². The molecule has 0 radical (unpaired) electrons. The Morgan fingerprint density at radius 1 is 1.06 bits per heavy atom. The number of hydrogen-bond acceptors (Lipinski definition) is 2. The van der Waals surface area contributed by atoms with Crippen LogP contribution in [0.25, 0.3) is 0 Å². The van der Waals surface area contributed by atoms with Crippen molar-refractivity contribution in [2.45, 2.75) is 18.0 Å². The topological polar surface area (TPSA) is 9.23 Å². The molecule has 1 heterocycles. The monoisotopic (exact) mass is 282 g/mol. The first-order valence-corrected chi connectivity index (χ1v) is 4.99. The van der Waals surface area contributed by atoms with Gasteiger partial charge in [0, 0.05) is 5.38 Å². The maximum atomic E-state index is 12.7. The Morgan fingerprint density at radius 3 is 2.06 bits per heavy atom. The predicted octanol–water partition coefficient (Wildman–Crippen LogP) is 3.96. The molecule has 9 heteroatoms. The fraction of sp³-hybridized carbons (Fsp3) is 0.500. The number of rotatable bonds is 4. The molecule has 0 atom stereocenters. The summed E-state index contributed by atoms with van der Waals surface area (Å²) < 4.78 is 89.5. The van der Waals surface area contributed by atoms with E-state index in [1.807, 2.05) is 0 Å². The second-order valence-electron chi connectivity index (χ2n) is 3.02. The van der Waals surface area contributed by atoms with Gasteiger partial charge in [-0.2, -0.15) is 30.7 Å². The van der Waals surface area contributed by atoms with Crippen molar-refractivity contribution in [3.8, 4) is 5.75 Å². The van der Waals surface area contributed by atoms with Crippen LogP contribution in [0.5, 0.6) is 5.75 Å². The van der Waals surface area contributed by atoms with Crippen molar-refractivity contribution in [1.29, 1.82) is 0 Å². The second-order valence-corrected chi connectivity index (χ2v) is 3.80. The highest BCUT2D eigenvalue weighted by molar-refractivity contribution is 7.08. The molecule has 0 aromatic carbocycles. The van der Waals surface area contributed by atoms with E-state index in [2.05, 4.69) is 4.74 Å². The first-order valence-electron chi connectivity index (χ1n) is 4.05. The second kappa shape index (κ2) is 4.35. The average molecular weight is 282 g/mol. The summed E-state index contributed by atoms with van der Waals surface area (Å²) in [7, 11) is 0. The van der Waals surface area contributed by atoms with Gasteiger partial charge in [-0.05, 0) is 11.4 Å². The van der Waals surface area contributed by atoms with Gasteiger partial charge < -0.3 is 4.74 Å². The smallest absolute Gasteiger partial charge is 0.460 e. The lowest BCUT2D eigenvalue weighted by atomic mass is 10.2. The molecule has 98 valence electrons. The molecule has 0 unspecified atom stereocenters. The van der Waals surface area contributed by atoms with Gasteiger partial charge >= 0.3 is 18.0 Å². The van der Waals surface area contributed by atoms with Crippen molar-refractivity contribution in [3.63, 3.8) is 0 Å². The van der Waals surface area contributed by atoms with Gasteiger partial charge in [0.2, 0.25) is 0 Å². The normalized spacial score (nSPS) is 13.8. The Bertz CT molecular complexity index is 356. The Balaban J connectivity index is 2.74. The summed E-state index contributed by atoms with van der Waals surface area (Å²) in [5.41, 5.74) is 0. The Kier molecular flexibility index (Phi) is 3.60. The van der Waals surface area contributed by atoms with Gasteiger partial charge in [-0.3, -0.25) is 0 Å². The molecule has 0 amide bonds. The SMILES string of the molecule is FC(F)(F)C(F)(F)C(F)(F)COc1ccsc1. The number of ether oxygens (including phenoxy) is 1. The molecule has 1 nitrogen and oxygen atoms in total. The summed E-state index contributed by atoms with van der Waals surface area (Å²) in [6, 6.07) is 1.17. The minimum Gasteiger partial charge on any atom is -0.486 e. The van der Waals surface area contributed by atoms with Gasteiger partial charge in [-0.25, -0.2) is 0 Å². The van der Waals surface area contributed by atoms with E-state index in [4.69, 9.17) is 0 Å². The van der Waals surface area contributed by atoms with Gasteiger partial charge in [0.1, 0.15) is 5.75 Å². The largest absolute Gasteiger partial charge is 0.486 e. The van der Waals surface area contributed by atoms with Gasteiger partial charge in [-0.15, -0.1) is 11.3 Å². The number of thiophene rings is 1. The summed E-state index contributed by atoms with van der Waals surface area (Å²) >= 11 is 1.02. The average Bonchev–Trinajstić information content (AvgIpc) is 2.65. The van der Waals surface area contributed by atoms with E-state index in [-0.39, 0.29) is 5.75 Å². The van der Waals surface area contributed by atoms with Crippen LogP contribution in [0.15, 0.2) is 16.8 Å². The Morgan fingerprint density at radius 2 is 1.65 bits per heavy atom. The summed E-state index contributed by atoms with van der Waals surface area (Å²) in [6.07, 6.45) is -6.32. The lowest BCUT2D eigenvalue weighted by molar-refractivity contribution is -0.358. The molecule has 0 aliphatic rings. The van der Waals surface area contributed by atoms with Crippen LogP contribution >= 0.6 is 11.3 Å². The van der Waals surface area contributed by atoms with Crippen molar-refractivity contribution < 1.29 is 35.5 Å². The van der Waals surface area contributed by atoms with Crippen molar-refractivity contribution in [2.75, 3.05) is 6.61 Å². The highest BCUT2D eigenvalue weighted by Gasteiger charge is 2.73. The van der Waals surface area contributed by atoms with Crippen LogP contribution in [-0.4, -0.2) is 24.6 Å². The van der Waals surface area contributed by atoms with Gasteiger partial charge in [0.15, 0.2) is 6.61 Å². The van der Waals surface area contributed by atoms with Crippen LogP contribution in [0.3, 0.4) is 0 Å². The summed E-state index contributed by atoms with van der Waals surface area (Å²) in [5, 5.41) is 2.59. The molecule has 0 saturated carbocycles. The van der Waals surface area contributed by atoms with E-state index in [0.29, 0.717) is 0 Å². The molecule has 1 rings (SSSR count). The molecule has 0 saturated heterocycles. The maximum Gasteiger partial charge on any atom is 0.460 e. The number of alkyl halides is 7. The van der Waals surface area contributed by atoms with Crippen molar-refractivity contribution >= 4 is 11.3 Å². The van der Waals surface area contributed by atoms with Crippen LogP contribution in [0.4, 0.5) is 30.7 Å². The maximum absolute atomic E-state index is 12.7. The third-order valence-corrected chi connectivity index (χ3v) is 2.39. The molecule has 0 N–H and O–H groups in total. The standard InChI is InChI=1S/C8H5F7OS/c9-6(10,7(11,12)8(13,14)15)4-16-5-1-2-17-3-5/h1-3H,4H2. The van der Waals surface area contributed by atoms with Crippen LogP contribution in [0, 0.1) is 0 Å². The van der Waals surface area contributed by atoms with E-state index in [0.717, 1.165) is 11.3 Å². The van der Waals surface area contributed by atoms with Crippen LogP contribution < -0.4 is 4.74 Å². The first-order chi connectivity index (χ1) is 7.58. The van der Waals surface area contributed by atoms with Gasteiger partial charge in [-0.1, -0.05) is 0 Å². The van der Waals surface area contributed by atoms with Crippen molar-refractivity contribution in [1.82, 2.24) is 0 Å². The fourth-order valence-corrected chi connectivity index (χ4v) is 1.38. The van der Waals surface area contributed by atoms with E-state index in [9.17, 15) is 30.7 Å². The molecule has 0 spiro atoms. The van der Waals surface area contributed by atoms with Gasteiger partial charge in [0.25, 0.3) is 0 Å². The molecule has 17 heavy (non-hydrogen) atoms. The van der Waals surface area contributed by atoms with E-state index in [1.165, 1.54) is 16.8 Å². The predicted molar refractivity (Wildman–Crippen MR) is 45.8 cm³/mol. The third-order valence-electron chi connectivity index (χ3n) is 1.73. The zero-order valence-electron chi connectivity index (χ0n) is 7.90. The minimum absolute atomic E-state index is 0.187. The molecule has 0 fully saturated rings. The van der Waals surface area contributed by atoms with E-state index < -0.39 is 24.6 Å². The molecule has 1 aromatic heterocycles. The molecular weight excluding hydrogens is 277 g/mol. The first kappa shape index (κ1) is 14.1. The third kappa shape index (κ3) is 2.82. The van der Waals surface area contributed by atoms with Crippen molar-refractivity contribution in [3.05, 3.63) is 16.8 Å². The minimum atomic E-state index is -6.32. The van der Waals surface area contributed by atoms with Crippen LogP contribution in [-0.2, 0) is 0 Å². The number of halogens is 7. The Labute approximate surface area is 94.8 Å². The summed E-state index contributed by atoms with van der Waals surface area (Å²) in [5.74, 6) is -11.6. The molecule has 0 aliphatic carbocycles. The lowest BCUT2D eigenvalue weighted by Gasteiger charge is -2.27. The highest BCUT2D eigenvalue weighted by atomic mass is 32.1. The molecule has 0 bridgehead atoms. The molecule has 1 aromatic rings.